The van der Waals surface area contributed by atoms with Gasteiger partial charge < -0.3 is 14.6 Å². The molecule has 1 aliphatic rings. The number of methoxy groups -OCH3 is 1. The van der Waals surface area contributed by atoms with Gasteiger partial charge in [-0.05, 0) is 24.1 Å². The molecule has 1 heterocycles. The highest BCUT2D eigenvalue weighted by Crippen LogP contribution is 2.16. The Morgan fingerprint density at radius 2 is 2.21 bits per heavy atom. The van der Waals surface area contributed by atoms with Crippen LogP contribution in [0.1, 0.15) is 5.56 Å². The topological polar surface area (TPSA) is 59.0 Å². The van der Waals surface area contributed by atoms with E-state index in [2.05, 4.69) is 0 Å². The van der Waals surface area contributed by atoms with E-state index in [1.807, 2.05) is 29.2 Å². The summed E-state index contributed by atoms with van der Waals surface area (Å²) in [5.74, 6) is -0.0339. The smallest absolute Gasteiger partial charge is 0.321 e. The second kappa shape index (κ2) is 6.54. The van der Waals surface area contributed by atoms with Gasteiger partial charge in [-0.1, -0.05) is 12.1 Å². The van der Waals surface area contributed by atoms with Crippen LogP contribution in [-0.2, 0) is 16.0 Å². The Labute approximate surface area is 112 Å². The lowest BCUT2D eigenvalue weighted by atomic mass is 10.0. The number of aliphatic carboxylic acids is 1. The minimum Gasteiger partial charge on any atom is -0.497 e. The number of carboxylic acid groups (broad SMARTS) is 1. The minimum absolute atomic E-state index is 0.479. The zero-order valence-corrected chi connectivity index (χ0v) is 11.0. The Kier molecular flexibility index (Phi) is 4.76. The highest BCUT2D eigenvalue weighted by atomic mass is 16.5. The van der Waals surface area contributed by atoms with E-state index in [4.69, 9.17) is 9.47 Å². The van der Waals surface area contributed by atoms with Crippen molar-refractivity contribution >= 4 is 5.97 Å². The zero-order valence-electron chi connectivity index (χ0n) is 11.0. The summed E-state index contributed by atoms with van der Waals surface area (Å²) in [6, 6.07) is 7.05. The number of rotatable bonds is 5. The van der Waals surface area contributed by atoms with Crippen molar-refractivity contribution in [3.8, 4) is 5.75 Å². The van der Waals surface area contributed by atoms with E-state index in [0.717, 1.165) is 11.3 Å². The molecule has 1 aromatic carbocycles. The van der Waals surface area contributed by atoms with Gasteiger partial charge in [0.15, 0.2) is 0 Å². The highest BCUT2D eigenvalue weighted by molar-refractivity contribution is 5.74. The summed E-state index contributed by atoms with van der Waals surface area (Å²) in [6.07, 6.45) is 0.479. The van der Waals surface area contributed by atoms with Crippen LogP contribution in [0.5, 0.6) is 5.75 Å². The summed E-state index contributed by atoms with van der Waals surface area (Å²) in [7, 11) is 1.61. The summed E-state index contributed by atoms with van der Waals surface area (Å²) >= 11 is 0. The Hall–Kier alpha value is -1.59. The van der Waals surface area contributed by atoms with Crippen LogP contribution in [0.3, 0.4) is 0 Å². The zero-order chi connectivity index (χ0) is 13.7. The fourth-order valence-corrected chi connectivity index (χ4v) is 2.28. The third-order valence-corrected chi connectivity index (χ3v) is 3.33. The molecule has 0 amide bonds. The first-order chi connectivity index (χ1) is 9.20. The predicted octanol–water partition coefficient (Wildman–Crippen LogP) is 1.02. The maximum atomic E-state index is 11.4. The number of nitrogens with zero attached hydrogens (tertiary/aromatic N) is 1. The molecule has 1 N–H and O–H groups in total. The van der Waals surface area contributed by atoms with Gasteiger partial charge in [-0.25, -0.2) is 0 Å². The highest BCUT2D eigenvalue weighted by Gasteiger charge is 2.27. The molecule has 0 aliphatic carbocycles. The molecule has 5 nitrogen and oxygen atoms in total. The molecule has 1 aliphatic heterocycles. The SMILES string of the molecule is COc1cccc(CC(C(=O)O)N2CCOCC2)c1. The number of benzene rings is 1. The van der Waals surface area contributed by atoms with Crippen molar-refractivity contribution in [1.29, 1.82) is 0 Å². The molecule has 1 atom stereocenters. The Morgan fingerprint density at radius 3 is 2.84 bits per heavy atom. The number of carbonyl (C=O) groups is 1. The van der Waals surface area contributed by atoms with Crippen molar-refractivity contribution in [1.82, 2.24) is 4.90 Å². The molecule has 0 bridgehead atoms. The Bertz CT molecular complexity index is 429. The molecular weight excluding hydrogens is 246 g/mol. The van der Waals surface area contributed by atoms with E-state index >= 15 is 0 Å². The summed E-state index contributed by atoms with van der Waals surface area (Å²) in [6.45, 7) is 2.53. The molecule has 5 heteroatoms. The fraction of sp³-hybridized carbons (Fsp3) is 0.500. The van der Waals surface area contributed by atoms with Gasteiger partial charge in [-0.3, -0.25) is 9.69 Å². The van der Waals surface area contributed by atoms with Crippen molar-refractivity contribution in [2.45, 2.75) is 12.5 Å². The maximum Gasteiger partial charge on any atom is 0.321 e. The molecule has 1 unspecified atom stereocenters. The fourth-order valence-electron chi connectivity index (χ4n) is 2.28. The van der Waals surface area contributed by atoms with Gasteiger partial charge in [0.05, 0.1) is 20.3 Å². The normalized spacial score (nSPS) is 17.9. The largest absolute Gasteiger partial charge is 0.497 e. The first-order valence-corrected chi connectivity index (χ1v) is 6.38. The van der Waals surface area contributed by atoms with Gasteiger partial charge in [-0.15, -0.1) is 0 Å². The van der Waals surface area contributed by atoms with Crippen LogP contribution >= 0.6 is 0 Å². The lowest BCUT2D eigenvalue weighted by Gasteiger charge is -2.32. The number of hydrogen-bond acceptors (Lipinski definition) is 4. The van der Waals surface area contributed by atoms with E-state index in [1.54, 1.807) is 7.11 Å². The summed E-state index contributed by atoms with van der Waals surface area (Å²) in [5, 5.41) is 9.40. The van der Waals surface area contributed by atoms with Crippen molar-refractivity contribution in [3.05, 3.63) is 29.8 Å². The lowest BCUT2D eigenvalue weighted by Crippen LogP contribution is -2.48. The second-order valence-electron chi connectivity index (χ2n) is 4.56. The molecule has 1 saturated heterocycles. The van der Waals surface area contributed by atoms with Crippen LogP contribution in [-0.4, -0.2) is 55.4 Å². The van der Waals surface area contributed by atoms with Crippen LogP contribution in [0.15, 0.2) is 24.3 Å². The Balaban J connectivity index is 2.08. The van der Waals surface area contributed by atoms with E-state index in [1.165, 1.54) is 0 Å². The van der Waals surface area contributed by atoms with E-state index in [9.17, 15) is 9.90 Å². The van der Waals surface area contributed by atoms with Gasteiger partial charge in [0, 0.05) is 13.1 Å². The molecule has 1 aromatic rings. The van der Waals surface area contributed by atoms with Crippen LogP contribution in [0.25, 0.3) is 0 Å². The summed E-state index contributed by atoms with van der Waals surface area (Å²) in [5.41, 5.74) is 0.971. The maximum absolute atomic E-state index is 11.4. The van der Waals surface area contributed by atoms with Crippen molar-refractivity contribution in [2.75, 3.05) is 33.4 Å². The number of hydrogen-bond donors (Lipinski definition) is 1. The van der Waals surface area contributed by atoms with Gasteiger partial charge in [0.1, 0.15) is 11.8 Å². The van der Waals surface area contributed by atoms with Crippen molar-refractivity contribution in [3.63, 3.8) is 0 Å². The van der Waals surface area contributed by atoms with Gasteiger partial charge in [0.25, 0.3) is 0 Å². The molecule has 1 fully saturated rings. The van der Waals surface area contributed by atoms with Crippen LogP contribution < -0.4 is 4.74 Å². The molecular formula is C14H19NO4. The second-order valence-corrected chi connectivity index (χ2v) is 4.56. The Morgan fingerprint density at radius 1 is 1.47 bits per heavy atom. The van der Waals surface area contributed by atoms with Crippen molar-refractivity contribution < 1.29 is 19.4 Å². The average Bonchev–Trinajstić information content (AvgIpc) is 2.45. The molecule has 0 saturated carbocycles. The number of carboxylic acids is 1. The molecule has 2 rings (SSSR count). The van der Waals surface area contributed by atoms with E-state index in [0.29, 0.717) is 32.7 Å². The summed E-state index contributed by atoms with van der Waals surface area (Å²) in [4.78, 5) is 13.4. The lowest BCUT2D eigenvalue weighted by molar-refractivity contribution is -0.145. The number of morpholine rings is 1. The van der Waals surface area contributed by atoms with Crippen molar-refractivity contribution in [2.24, 2.45) is 0 Å². The monoisotopic (exact) mass is 265 g/mol. The number of ether oxygens (including phenoxy) is 2. The quantitative estimate of drug-likeness (QED) is 0.861. The standard InChI is InChI=1S/C14H19NO4/c1-18-12-4-2-3-11(9-12)10-13(14(16)17)15-5-7-19-8-6-15/h2-4,9,13H,5-8,10H2,1H3,(H,16,17). The minimum atomic E-state index is -0.787. The van der Waals surface area contributed by atoms with Gasteiger partial charge in [0.2, 0.25) is 0 Å². The third kappa shape index (κ3) is 3.68. The molecule has 19 heavy (non-hydrogen) atoms. The van der Waals surface area contributed by atoms with Crippen LogP contribution in [0, 0.1) is 0 Å². The average molecular weight is 265 g/mol. The van der Waals surface area contributed by atoms with Crippen LogP contribution in [0.4, 0.5) is 0 Å². The molecule has 0 spiro atoms. The summed E-state index contributed by atoms with van der Waals surface area (Å²) < 4.78 is 10.4. The first-order valence-electron chi connectivity index (χ1n) is 6.38. The van der Waals surface area contributed by atoms with Gasteiger partial charge >= 0.3 is 5.97 Å². The predicted molar refractivity (Wildman–Crippen MR) is 70.5 cm³/mol. The van der Waals surface area contributed by atoms with E-state index in [-0.39, 0.29) is 0 Å². The molecule has 104 valence electrons. The van der Waals surface area contributed by atoms with Gasteiger partial charge in [-0.2, -0.15) is 0 Å². The molecule has 0 radical (unpaired) electrons. The third-order valence-electron chi connectivity index (χ3n) is 3.33. The first kappa shape index (κ1) is 13.8. The van der Waals surface area contributed by atoms with Crippen LogP contribution in [0.2, 0.25) is 0 Å². The van der Waals surface area contributed by atoms with E-state index < -0.39 is 12.0 Å². The molecule has 0 aromatic heterocycles.